The zero-order valence-electron chi connectivity index (χ0n) is 12.1. The van der Waals surface area contributed by atoms with Crippen molar-refractivity contribution in [2.75, 3.05) is 31.5 Å². The molecule has 7 heteroatoms. The third kappa shape index (κ3) is 5.47. The van der Waals surface area contributed by atoms with Gasteiger partial charge in [-0.05, 0) is 26.0 Å². The highest BCUT2D eigenvalue weighted by Gasteiger charge is 2.16. The Morgan fingerprint density at radius 1 is 1.14 bits per heavy atom. The van der Waals surface area contributed by atoms with Gasteiger partial charge in [-0.15, -0.1) is 0 Å². The van der Waals surface area contributed by atoms with Crippen molar-refractivity contribution in [1.29, 1.82) is 0 Å². The zero-order chi connectivity index (χ0) is 15.8. The summed E-state index contributed by atoms with van der Waals surface area (Å²) in [5.41, 5.74) is -0.231. The minimum Gasteiger partial charge on any atom is -0.342 e. The number of carbonyl (C=O) groups is 2. The average Bonchev–Trinajstić information content (AvgIpc) is 2.46. The van der Waals surface area contributed by atoms with Crippen molar-refractivity contribution in [3.8, 4) is 0 Å². The minimum absolute atomic E-state index is 0.231. The number of rotatable bonds is 6. The molecular weight excluding hydrogens is 280 g/mol. The summed E-state index contributed by atoms with van der Waals surface area (Å²) in [7, 11) is 0. The van der Waals surface area contributed by atoms with Gasteiger partial charge in [-0.25, -0.2) is 8.78 Å². The van der Waals surface area contributed by atoms with E-state index in [4.69, 9.17) is 0 Å². The van der Waals surface area contributed by atoms with Crippen LogP contribution in [0.15, 0.2) is 18.2 Å². The van der Waals surface area contributed by atoms with Crippen LogP contribution in [0.4, 0.5) is 14.5 Å². The second-order valence-electron chi connectivity index (χ2n) is 4.54. The van der Waals surface area contributed by atoms with Crippen molar-refractivity contribution in [3.05, 3.63) is 29.8 Å². The molecule has 0 bridgehead atoms. The lowest BCUT2D eigenvalue weighted by Crippen LogP contribution is -3.12. The number of anilines is 1. The maximum atomic E-state index is 13.3. The van der Waals surface area contributed by atoms with E-state index in [9.17, 15) is 18.4 Å². The maximum Gasteiger partial charge on any atom is 0.313 e. The van der Waals surface area contributed by atoms with E-state index in [0.29, 0.717) is 19.2 Å². The van der Waals surface area contributed by atoms with Crippen molar-refractivity contribution in [3.63, 3.8) is 0 Å². The van der Waals surface area contributed by atoms with Gasteiger partial charge in [0.25, 0.3) is 0 Å². The predicted octanol–water partition coefficient (Wildman–Crippen LogP) is -0.0558. The largest absolute Gasteiger partial charge is 0.342 e. The number of halogens is 2. The van der Waals surface area contributed by atoms with E-state index in [-0.39, 0.29) is 5.69 Å². The molecule has 0 aliphatic rings. The number of carbonyl (C=O) groups excluding carboxylic acids is 2. The van der Waals surface area contributed by atoms with E-state index in [1.54, 1.807) is 0 Å². The van der Waals surface area contributed by atoms with Crippen molar-refractivity contribution in [2.24, 2.45) is 0 Å². The van der Waals surface area contributed by atoms with Gasteiger partial charge in [0.2, 0.25) is 0 Å². The second-order valence-corrected chi connectivity index (χ2v) is 4.54. The van der Waals surface area contributed by atoms with Crippen LogP contribution in [0.2, 0.25) is 0 Å². The normalized spacial score (nSPS) is 10.5. The third-order valence-electron chi connectivity index (χ3n) is 3.15. The highest BCUT2D eigenvalue weighted by atomic mass is 19.1. The Morgan fingerprint density at radius 3 is 2.38 bits per heavy atom. The first-order valence-corrected chi connectivity index (χ1v) is 6.85. The van der Waals surface area contributed by atoms with Gasteiger partial charge >= 0.3 is 11.8 Å². The number of hydrogen-bond donors (Lipinski definition) is 3. The molecule has 0 saturated heterocycles. The molecule has 21 heavy (non-hydrogen) atoms. The monoisotopic (exact) mass is 300 g/mol. The predicted molar refractivity (Wildman–Crippen MR) is 74.9 cm³/mol. The van der Waals surface area contributed by atoms with Crippen LogP contribution < -0.4 is 15.5 Å². The number of hydrogen-bond acceptors (Lipinski definition) is 2. The SMILES string of the molecule is CC[NH+](CC)CCNC(=O)C(=O)Nc1ccc(F)cc1F. The van der Waals surface area contributed by atoms with Gasteiger partial charge in [-0.3, -0.25) is 9.59 Å². The van der Waals surface area contributed by atoms with E-state index < -0.39 is 23.4 Å². The molecule has 0 unspecified atom stereocenters. The fraction of sp³-hybridized carbons (Fsp3) is 0.429. The minimum atomic E-state index is -0.977. The van der Waals surface area contributed by atoms with E-state index in [1.807, 2.05) is 13.8 Å². The van der Waals surface area contributed by atoms with Crippen molar-refractivity contribution < 1.29 is 23.3 Å². The molecule has 3 N–H and O–H groups in total. The Bertz CT molecular complexity index is 505. The summed E-state index contributed by atoms with van der Waals surface area (Å²) in [6, 6.07) is 2.70. The van der Waals surface area contributed by atoms with Crippen LogP contribution in [0.1, 0.15) is 13.8 Å². The summed E-state index contributed by atoms with van der Waals surface area (Å²) in [6.45, 7) is 6.99. The molecule has 0 atom stereocenters. The quantitative estimate of drug-likeness (QED) is 0.645. The van der Waals surface area contributed by atoms with Crippen LogP contribution in [-0.4, -0.2) is 38.0 Å². The maximum absolute atomic E-state index is 13.3. The lowest BCUT2D eigenvalue weighted by atomic mass is 10.3. The van der Waals surface area contributed by atoms with E-state index in [0.717, 1.165) is 25.2 Å². The standard InChI is InChI=1S/C14H19F2N3O2/c1-3-19(4-2)8-7-17-13(20)14(21)18-12-6-5-10(15)9-11(12)16/h5-6,9H,3-4,7-8H2,1-2H3,(H,17,20)(H,18,21)/p+1. The fourth-order valence-corrected chi connectivity index (χ4v) is 1.81. The highest BCUT2D eigenvalue weighted by Crippen LogP contribution is 2.14. The Morgan fingerprint density at radius 2 is 1.81 bits per heavy atom. The van der Waals surface area contributed by atoms with Crippen molar-refractivity contribution in [2.45, 2.75) is 13.8 Å². The van der Waals surface area contributed by atoms with Gasteiger partial charge in [0.05, 0.1) is 31.9 Å². The number of amides is 2. The Kier molecular flexibility index (Phi) is 6.74. The number of benzene rings is 1. The molecule has 1 aromatic carbocycles. The molecule has 116 valence electrons. The summed E-state index contributed by atoms with van der Waals surface area (Å²) in [6.07, 6.45) is 0. The summed E-state index contributed by atoms with van der Waals surface area (Å²) >= 11 is 0. The van der Waals surface area contributed by atoms with Gasteiger partial charge in [0.15, 0.2) is 0 Å². The van der Waals surface area contributed by atoms with Crippen molar-refractivity contribution in [1.82, 2.24) is 5.32 Å². The first-order valence-electron chi connectivity index (χ1n) is 6.85. The third-order valence-corrected chi connectivity index (χ3v) is 3.15. The summed E-state index contributed by atoms with van der Waals surface area (Å²) in [5.74, 6) is -3.50. The van der Waals surface area contributed by atoms with Gasteiger partial charge in [-0.1, -0.05) is 0 Å². The lowest BCUT2D eigenvalue weighted by Gasteiger charge is -2.15. The number of likely N-dealkylation sites (N-methyl/N-ethyl adjacent to an activating group) is 1. The molecule has 0 heterocycles. The van der Waals surface area contributed by atoms with E-state index in [1.165, 1.54) is 4.90 Å². The molecule has 1 aromatic rings. The van der Waals surface area contributed by atoms with E-state index >= 15 is 0 Å². The first kappa shape index (κ1) is 17.0. The Balaban J connectivity index is 2.46. The van der Waals surface area contributed by atoms with Gasteiger partial charge < -0.3 is 15.5 Å². The summed E-state index contributed by atoms with van der Waals surface area (Å²) in [4.78, 5) is 24.4. The van der Waals surface area contributed by atoms with Crippen LogP contribution in [0.25, 0.3) is 0 Å². The van der Waals surface area contributed by atoms with Crippen LogP contribution in [-0.2, 0) is 9.59 Å². The van der Waals surface area contributed by atoms with Crippen LogP contribution in [0, 0.1) is 11.6 Å². The molecule has 0 spiro atoms. The molecule has 0 aliphatic heterocycles. The number of quaternary nitrogens is 1. The molecular formula is C14H20F2N3O2+. The first-order chi connectivity index (χ1) is 9.97. The number of nitrogens with one attached hydrogen (secondary N) is 3. The highest BCUT2D eigenvalue weighted by molar-refractivity contribution is 6.39. The van der Waals surface area contributed by atoms with Crippen LogP contribution in [0.5, 0.6) is 0 Å². The summed E-state index contributed by atoms with van der Waals surface area (Å²) in [5, 5.41) is 4.57. The summed E-state index contributed by atoms with van der Waals surface area (Å²) < 4.78 is 26.1. The lowest BCUT2D eigenvalue weighted by molar-refractivity contribution is -0.895. The Labute approximate surface area is 122 Å². The van der Waals surface area contributed by atoms with Gasteiger partial charge in [0.1, 0.15) is 11.6 Å². The molecule has 0 aliphatic carbocycles. The van der Waals surface area contributed by atoms with E-state index in [2.05, 4.69) is 10.6 Å². The van der Waals surface area contributed by atoms with Gasteiger partial charge in [0, 0.05) is 6.07 Å². The molecule has 0 saturated carbocycles. The average molecular weight is 300 g/mol. The van der Waals surface area contributed by atoms with Crippen LogP contribution in [0.3, 0.4) is 0 Å². The van der Waals surface area contributed by atoms with Crippen LogP contribution >= 0.6 is 0 Å². The molecule has 0 aromatic heterocycles. The molecule has 0 fully saturated rings. The molecule has 0 radical (unpaired) electrons. The smallest absolute Gasteiger partial charge is 0.313 e. The van der Waals surface area contributed by atoms with Crippen molar-refractivity contribution >= 4 is 17.5 Å². The molecule has 1 rings (SSSR count). The molecule has 2 amide bonds. The second kappa shape index (κ2) is 8.31. The van der Waals surface area contributed by atoms with Gasteiger partial charge in [-0.2, -0.15) is 0 Å². The zero-order valence-corrected chi connectivity index (χ0v) is 12.1. The molecule has 5 nitrogen and oxygen atoms in total. The topological polar surface area (TPSA) is 62.6 Å². The Hall–Kier alpha value is -2.02. The fourth-order valence-electron chi connectivity index (χ4n) is 1.81.